The molecule has 8 nitrogen and oxygen atoms in total. The third-order valence-electron chi connectivity index (χ3n) is 13.8. The van der Waals surface area contributed by atoms with Gasteiger partial charge in [0.25, 0.3) is 0 Å². The van der Waals surface area contributed by atoms with Crippen LogP contribution in [0, 0.1) is 62.6 Å². The summed E-state index contributed by atoms with van der Waals surface area (Å²) in [6, 6.07) is 17.7. The van der Waals surface area contributed by atoms with E-state index in [-0.39, 0.29) is 16.4 Å². The average Bonchev–Trinajstić information content (AvgIpc) is 3.24. The van der Waals surface area contributed by atoms with Crippen molar-refractivity contribution in [3.05, 3.63) is 128 Å². The monoisotopic (exact) mass is 808 g/mol. The normalized spacial score (nSPS) is 21.0. The molecule has 2 aromatic rings. The predicted molar refractivity (Wildman–Crippen MR) is 241 cm³/mol. The Morgan fingerprint density at radius 3 is 1.90 bits per heavy atom. The molecule has 0 N–H and O–H groups in total. The van der Waals surface area contributed by atoms with E-state index in [1.54, 1.807) is 12.2 Å². The fraction of sp³-hybridized carbons (Fsp3) is 0.434. The van der Waals surface area contributed by atoms with E-state index < -0.39 is 17.3 Å². The van der Waals surface area contributed by atoms with Gasteiger partial charge >= 0.3 is 0 Å². The van der Waals surface area contributed by atoms with Gasteiger partial charge in [0.1, 0.15) is 46.7 Å². The number of allylic oxidation sites excluding steroid dienone is 10. The Labute approximate surface area is 362 Å². The molecule has 0 aromatic heterocycles. The van der Waals surface area contributed by atoms with Crippen molar-refractivity contribution < 1.29 is 9.47 Å². The average molecular weight is 809 g/mol. The summed E-state index contributed by atoms with van der Waals surface area (Å²) in [4.78, 5) is 5.10. The van der Waals surface area contributed by atoms with Crippen molar-refractivity contribution in [3.8, 4) is 24.3 Å². The molecule has 0 amide bonds. The van der Waals surface area contributed by atoms with Crippen LogP contribution in [0.4, 0.5) is 11.4 Å². The third-order valence-corrected chi connectivity index (χ3v) is 13.8. The van der Waals surface area contributed by atoms with Gasteiger partial charge in [0.15, 0.2) is 0 Å². The standard InChI is InChI=1S/C53H56N6O2/c1-51(2)17-21-59-22-18-52(3,4)47-26-36(25-46(51)50(47)59)12-14-44-29-40(42(33-56)34-57)30-48(61-44)53(5,6)16-15-45-28-39(41(31-54)32-55)27-43(60-45)13-11-35-23-37-9-7-19-58-20-8-10-38(24-35)49(37)58/h11-14,23-30,39,41H,7-10,15-22H2,1-6H3/b13-11+,14-12+. The van der Waals surface area contributed by atoms with Gasteiger partial charge in [-0.2, -0.15) is 21.0 Å². The van der Waals surface area contributed by atoms with Gasteiger partial charge in [0, 0.05) is 60.9 Å². The lowest BCUT2D eigenvalue weighted by Gasteiger charge is -2.48. The van der Waals surface area contributed by atoms with Gasteiger partial charge in [-0.25, -0.2) is 0 Å². The molecule has 8 heteroatoms. The molecule has 1 atom stereocenters. The van der Waals surface area contributed by atoms with Crippen LogP contribution in [0.25, 0.3) is 12.2 Å². The first kappa shape index (κ1) is 41.5. The fourth-order valence-electron chi connectivity index (χ4n) is 9.93. The highest BCUT2D eigenvalue weighted by molar-refractivity contribution is 5.72. The number of nitrogens with zero attached hydrogens (tertiary/aromatic N) is 6. The van der Waals surface area contributed by atoms with Gasteiger partial charge in [-0.05, 0) is 150 Å². The molecule has 0 spiro atoms. The van der Waals surface area contributed by atoms with Crippen molar-refractivity contribution in [2.75, 3.05) is 36.0 Å². The zero-order valence-electron chi connectivity index (χ0n) is 36.6. The first-order valence-electron chi connectivity index (χ1n) is 22.0. The Morgan fingerprint density at radius 1 is 0.738 bits per heavy atom. The number of nitriles is 4. The van der Waals surface area contributed by atoms with Gasteiger partial charge in [0.05, 0.1) is 12.1 Å². The topological polar surface area (TPSA) is 120 Å². The van der Waals surface area contributed by atoms with Crippen LogP contribution in [0.1, 0.15) is 113 Å². The molecule has 0 bridgehead atoms. The number of hydrogen-bond acceptors (Lipinski definition) is 8. The second-order valence-electron chi connectivity index (χ2n) is 19.5. The van der Waals surface area contributed by atoms with Gasteiger partial charge in [-0.3, -0.25) is 0 Å². The lowest BCUT2D eigenvalue weighted by Crippen LogP contribution is -2.44. The van der Waals surface area contributed by atoms with E-state index >= 15 is 0 Å². The van der Waals surface area contributed by atoms with Crippen molar-refractivity contribution in [3.63, 3.8) is 0 Å². The molecule has 2 aromatic carbocycles. The minimum Gasteiger partial charge on any atom is -0.462 e. The molecular weight excluding hydrogens is 753 g/mol. The Kier molecular flexibility index (Phi) is 11.1. The fourth-order valence-corrected chi connectivity index (χ4v) is 9.93. The van der Waals surface area contributed by atoms with E-state index in [1.807, 2.05) is 24.3 Å². The van der Waals surface area contributed by atoms with Crippen molar-refractivity contribution in [2.24, 2.45) is 17.3 Å². The Bertz CT molecular complexity index is 2440. The van der Waals surface area contributed by atoms with Crippen LogP contribution in [-0.4, -0.2) is 26.2 Å². The largest absolute Gasteiger partial charge is 0.462 e. The summed E-state index contributed by atoms with van der Waals surface area (Å²) in [6.07, 6.45) is 23.3. The van der Waals surface area contributed by atoms with Crippen LogP contribution in [0.15, 0.2) is 94.9 Å². The minimum atomic E-state index is -0.855. The van der Waals surface area contributed by atoms with E-state index in [0.717, 1.165) is 63.0 Å². The van der Waals surface area contributed by atoms with Gasteiger partial charge in [-0.15, -0.1) is 0 Å². The smallest absolute Gasteiger partial charge is 0.143 e. The van der Waals surface area contributed by atoms with Crippen LogP contribution < -0.4 is 9.80 Å². The molecule has 0 saturated heterocycles. The van der Waals surface area contributed by atoms with E-state index in [9.17, 15) is 21.0 Å². The number of benzene rings is 2. The zero-order valence-corrected chi connectivity index (χ0v) is 36.6. The quantitative estimate of drug-likeness (QED) is 0.230. The maximum Gasteiger partial charge on any atom is 0.143 e. The van der Waals surface area contributed by atoms with E-state index in [1.165, 1.54) is 46.5 Å². The third kappa shape index (κ3) is 8.30. The Hall–Kier alpha value is -6.22. The molecule has 0 fully saturated rings. The number of ether oxygens (including phenoxy) is 2. The highest BCUT2D eigenvalue weighted by atomic mass is 16.5. The SMILES string of the molecule is CC(C)(CCC1=CC(C(C#N)C#N)C=C(/C=C/c2cc3c4c(c2)CCCN4CCC3)O1)C1=CC(=C(C#N)C#N)C=C(/C=C/c2cc3c4c(c2)C(C)(C)CCN4CCC3(C)C)O1. The number of hydrogen-bond donors (Lipinski definition) is 0. The molecule has 6 heterocycles. The van der Waals surface area contributed by atoms with Gasteiger partial charge in [-0.1, -0.05) is 53.7 Å². The van der Waals surface area contributed by atoms with E-state index in [4.69, 9.17) is 9.47 Å². The summed E-state index contributed by atoms with van der Waals surface area (Å²) in [5.74, 6) is 1.20. The number of anilines is 2. The Morgan fingerprint density at radius 2 is 1.31 bits per heavy atom. The lowest BCUT2D eigenvalue weighted by atomic mass is 9.69. The van der Waals surface area contributed by atoms with Crippen molar-refractivity contribution in [2.45, 2.75) is 104 Å². The van der Waals surface area contributed by atoms with Crippen LogP contribution in [-0.2, 0) is 33.1 Å². The molecule has 310 valence electrons. The van der Waals surface area contributed by atoms with E-state index in [0.29, 0.717) is 41.5 Å². The molecule has 0 aliphatic carbocycles. The van der Waals surface area contributed by atoms with Crippen molar-refractivity contribution in [1.29, 1.82) is 21.0 Å². The molecule has 6 aliphatic rings. The zero-order chi connectivity index (χ0) is 43.1. The van der Waals surface area contributed by atoms with Crippen molar-refractivity contribution >= 4 is 23.5 Å². The highest BCUT2D eigenvalue weighted by Crippen LogP contribution is 2.50. The predicted octanol–water partition coefficient (Wildman–Crippen LogP) is 11.3. The van der Waals surface area contributed by atoms with Crippen LogP contribution in [0.2, 0.25) is 0 Å². The Balaban J connectivity index is 1.03. The molecule has 1 unspecified atom stereocenters. The number of aryl methyl sites for hydroxylation is 2. The number of rotatable bonds is 9. The molecular formula is C53H56N6O2. The maximum atomic E-state index is 9.94. The van der Waals surface area contributed by atoms with Crippen molar-refractivity contribution in [1.82, 2.24) is 0 Å². The summed E-state index contributed by atoms with van der Waals surface area (Å²) in [5.41, 5.74) is 10.7. The maximum absolute atomic E-state index is 9.94. The van der Waals surface area contributed by atoms with Gasteiger partial charge in [0.2, 0.25) is 0 Å². The second kappa shape index (κ2) is 16.3. The minimum absolute atomic E-state index is 0.0200. The van der Waals surface area contributed by atoms with Gasteiger partial charge < -0.3 is 19.3 Å². The molecule has 61 heavy (non-hydrogen) atoms. The summed E-state index contributed by atoms with van der Waals surface area (Å²) < 4.78 is 13.1. The lowest BCUT2D eigenvalue weighted by molar-refractivity contribution is 0.190. The van der Waals surface area contributed by atoms with Crippen LogP contribution >= 0.6 is 0 Å². The summed E-state index contributed by atoms with van der Waals surface area (Å²) in [5, 5.41) is 39.7. The first-order valence-corrected chi connectivity index (χ1v) is 22.0. The highest BCUT2D eigenvalue weighted by Gasteiger charge is 2.40. The summed E-state index contributed by atoms with van der Waals surface area (Å²) in [7, 11) is 0. The first-order chi connectivity index (χ1) is 29.2. The molecule has 8 rings (SSSR count). The molecule has 0 saturated carbocycles. The second-order valence-corrected chi connectivity index (χ2v) is 19.5. The molecule has 6 aliphatic heterocycles. The van der Waals surface area contributed by atoms with E-state index in [2.05, 4.69) is 112 Å². The van der Waals surface area contributed by atoms with Crippen LogP contribution in [0.5, 0.6) is 0 Å². The molecule has 0 radical (unpaired) electrons. The van der Waals surface area contributed by atoms with Crippen LogP contribution in [0.3, 0.4) is 0 Å². The summed E-state index contributed by atoms with van der Waals surface area (Å²) >= 11 is 0. The summed E-state index contributed by atoms with van der Waals surface area (Å²) in [6.45, 7) is 18.0.